The number of sulfone groups is 1. The number of hydrogen-bond acceptors (Lipinski definition) is 6. The predicted molar refractivity (Wildman–Crippen MR) is 137 cm³/mol. The summed E-state index contributed by atoms with van der Waals surface area (Å²) in [6.45, 7) is 6.71. The van der Waals surface area contributed by atoms with E-state index in [1.54, 1.807) is 12.1 Å². The number of thiazole rings is 1. The highest BCUT2D eigenvalue weighted by Gasteiger charge is 2.39. The third-order valence-corrected chi connectivity index (χ3v) is 8.60. The van der Waals surface area contributed by atoms with Gasteiger partial charge in [0, 0.05) is 23.7 Å². The molecule has 2 atom stereocenters. The lowest BCUT2D eigenvalue weighted by molar-refractivity contribution is -0.137. The molecule has 1 aromatic heterocycles. The molecule has 1 N–H and O–H groups in total. The second kappa shape index (κ2) is 10.2. The summed E-state index contributed by atoms with van der Waals surface area (Å²) in [7, 11) is -3.30. The fraction of sp³-hybridized carbons (Fsp3) is 0.385. The number of hydrogen-bond donors (Lipinski definition) is 1. The molecule has 0 bridgehead atoms. The first-order valence-electron chi connectivity index (χ1n) is 11.8. The zero-order chi connectivity index (χ0) is 27.1. The molecule has 6 nitrogen and oxygen atoms in total. The van der Waals surface area contributed by atoms with Crippen molar-refractivity contribution >= 4 is 32.2 Å². The van der Waals surface area contributed by atoms with Crippen LogP contribution in [-0.2, 0) is 33.8 Å². The fourth-order valence-corrected chi connectivity index (χ4v) is 6.26. The molecule has 0 spiro atoms. The molecule has 3 aromatic rings. The Morgan fingerprint density at radius 3 is 2.27 bits per heavy atom. The van der Waals surface area contributed by atoms with Gasteiger partial charge in [-0.1, -0.05) is 38.1 Å². The van der Waals surface area contributed by atoms with Gasteiger partial charge in [-0.15, -0.1) is 11.3 Å². The van der Waals surface area contributed by atoms with Crippen LogP contribution in [0.15, 0.2) is 53.4 Å². The van der Waals surface area contributed by atoms with Crippen LogP contribution in [0.3, 0.4) is 0 Å². The number of halogens is 3. The molecule has 1 amide bonds. The molecular weight excluding hydrogens is 523 g/mol. The number of rotatable bonds is 7. The number of carbonyl (C=O) groups is 1. The number of nitrogens with zero attached hydrogens (tertiary/aromatic N) is 2. The van der Waals surface area contributed by atoms with Crippen LogP contribution < -0.4 is 5.32 Å². The molecule has 0 radical (unpaired) electrons. The van der Waals surface area contributed by atoms with E-state index in [1.165, 1.54) is 35.6 Å². The largest absolute Gasteiger partial charge is 0.416 e. The molecule has 0 saturated heterocycles. The Morgan fingerprint density at radius 1 is 1.11 bits per heavy atom. The smallest absolute Gasteiger partial charge is 0.302 e. The summed E-state index contributed by atoms with van der Waals surface area (Å²) in [5, 5.41) is 3.34. The van der Waals surface area contributed by atoms with Crippen molar-refractivity contribution in [3.8, 4) is 0 Å². The third-order valence-electron chi connectivity index (χ3n) is 6.50. The first-order valence-corrected chi connectivity index (χ1v) is 14.5. The highest BCUT2D eigenvalue weighted by molar-refractivity contribution is 7.90. The van der Waals surface area contributed by atoms with E-state index in [0.29, 0.717) is 17.2 Å². The maximum absolute atomic E-state index is 13.0. The van der Waals surface area contributed by atoms with Crippen molar-refractivity contribution in [3.63, 3.8) is 0 Å². The molecule has 11 heteroatoms. The lowest BCUT2D eigenvalue weighted by Crippen LogP contribution is -2.29. The van der Waals surface area contributed by atoms with Crippen molar-refractivity contribution in [1.29, 1.82) is 0 Å². The molecule has 4 rings (SSSR count). The van der Waals surface area contributed by atoms with E-state index in [1.807, 2.05) is 6.92 Å². The molecule has 37 heavy (non-hydrogen) atoms. The summed E-state index contributed by atoms with van der Waals surface area (Å²) < 4.78 is 62.1. The second-order valence-corrected chi connectivity index (χ2v) is 12.7. The van der Waals surface area contributed by atoms with Gasteiger partial charge in [-0.3, -0.25) is 9.69 Å². The van der Waals surface area contributed by atoms with Crippen molar-refractivity contribution < 1.29 is 26.4 Å². The molecule has 0 fully saturated rings. The van der Waals surface area contributed by atoms with E-state index >= 15 is 0 Å². The molecule has 1 aliphatic rings. The number of alkyl halides is 3. The standard InChI is InChI=1S/C26H28F3N3O3S2/c1-15(2)24-23-21(14-32(24)16(3)18-7-9-19(10-8-18)26(27,28)29)36-25(31-23)30-22(33)13-17-5-11-20(12-6-17)37(4,34)35/h5-12,15-16,24H,13-14H2,1-4H3,(H,30,31,33)/t16-,24?/m0/s1. The first-order chi connectivity index (χ1) is 17.2. The van der Waals surface area contributed by atoms with Crippen LogP contribution in [0.5, 0.6) is 0 Å². The average molecular weight is 552 g/mol. The number of anilines is 1. The van der Waals surface area contributed by atoms with Gasteiger partial charge < -0.3 is 5.32 Å². The normalized spacial score (nSPS) is 17.1. The van der Waals surface area contributed by atoms with Gasteiger partial charge in [-0.2, -0.15) is 13.2 Å². The van der Waals surface area contributed by atoms with Crippen LogP contribution in [0.4, 0.5) is 18.3 Å². The van der Waals surface area contributed by atoms with Crippen LogP contribution in [0.1, 0.15) is 60.1 Å². The summed E-state index contributed by atoms with van der Waals surface area (Å²) in [5.41, 5.74) is 1.69. The lowest BCUT2D eigenvalue weighted by atomic mass is 9.98. The van der Waals surface area contributed by atoms with E-state index in [0.717, 1.165) is 34.5 Å². The Morgan fingerprint density at radius 2 is 1.73 bits per heavy atom. The Balaban J connectivity index is 1.45. The van der Waals surface area contributed by atoms with E-state index in [9.17, 15) is 26.4 Å². The highest BCUT2D eigenvalue weighted by Crippen LogP contribution is 2.46. The van der Waals surface area contributed by atoms with E-state index < -0.39 is 21.6 Å². The molecule has 2 heterocycles. The van der Waals surface area contributed by atoms with Gasteiger partial charge in [0.25, 0.3) is 0 Å². The lowest BCUT2D eigenvalue weighted by Gasteiger charge is -2.33. The first kappa shape index (κ1) is 27.3. The zero-order valence-corrected chi connectivity index (χ0v) is 22.5. The minimum atomic E-state index is -4.37. The van der Waals surface area contributed by atoms with Crippen molar-refractivity contribution in [3.05, 3.63) is 75.8 Å². The average Bonchev–Trinajstić information content (AvgIpc) is 3.34. The Hall–Kier alpha value is -2.76. The summed E-state index contributed by atoms with van der Waals surface area (Å²) in [4.78, 5) is 20.8. The van der Waals surface area contributed by atoms with Crippen LogP contribution in [-0.4, -0.2) is 30.5 Å². The quantitative estimate of drug-likeness (QED) is 0.389. The molecule has 198 valence electrons. The highest BCUT2D eigenvalue weighted by atomic mass is 32.2. The Kier molecular flexibility index (Phi) is 7.51. The van der Waals surface area contributed by atoms with Crippen molar-refractivity contribution in [2.24, 2.45) is 5.92 Å². The van der Waals surface area contributed by atoms with Gasteiger partial charge in [0.2, 0.25) is 5.91 Å². The van der Waals surface area contributed by atoms with Crippen molar-refractivity contribution in [2.75, 3.05) is 11.6 Å². The van der Waals surface area contributed by atoms with E-state index in [4.69, 9.17) is 4.98 Å². The fourth-order valence-electron chi connectivity index (χ4n) is 4.60. The number of aromatic nitrogens is 1. The van der Waals surface area contributed by atoms with Crippen LogP contribution >= 0.6 is 11.3 Å². The van der Waals surface area contributed by atoms with Gasteiger partial charge in [0.1, 0.15) is 0 Å². The summed E-state index contributed by atoms with van der Waals surface area (Å²) in [5.74, 6) is -0.0623. The summed E-state index contributed by atoms with van der Waals surface area (Å²) >= 11 is 1.40. The number of amides is 1. The SMILES string of the molecule is CC(C)C1c2nc(NC(=O)Cc3ccc(S(C)(=O)=O)cc3)sc2CN1[C@@H](C)c1ccc(C(F)(F)F)cc1. The minimum Gasteiger partial charge on any atom is -0.302 e. The summed E-state index contributed by atoms with van der Waals surface area (Å²) in [6.07, 6.45) is -3.16. The zero-order valence-electron chi connectivity index (χ0n) is 20.8. The van der Waals surface area contributed by atoms with Crippen LogP contribution in [0, 0.1) is 5.92 Å². The van der Waals surface area contributed by atoms with Crippen LogP contribution in [0.2, 0.25) is 0 Å². The molecule has 1 aliphatic heterocycles. The van der Waals surface area contributed by atoms with Gasteiger partial charge >= 0.3 is 6.18 Å². The third kappa shape index (κ3) is 6.05. The Labute approximate surface area is 218 Å². The molecule has 1 unspecified atom stereocenters. The minimum absolute atomic E-state index is 0.0438. The Bertz CT molecular complexity index is 1380. The number of fused-ring (bicyclic) bond motifs is 1. The van der Waals surface area contributed by atoms with Crippen molar-refractivity contribution in [1.82, 2.24) is 9.88 Å². The molecule has 0 saturated carbocycles. The van der Waals surface area contributed by atoms with Crippen LogP contribution in [0.25, 0.3) is 0 Å². The second-order valence-electron chi connectivity index (χ2n) is 9.63. The predicted octanol–water partition coefficient (Wildman–Crippen LogP) is 6.02. The monoisotopic (exact) mass is 551 g/mol. The maximum atomic E-state index is 13.0. The maximum Gasteiger partial charge on any atom is 0.416 e. The van der Waals surface area contributed by atoms with Gasteiger partial charge in [-0.05, 0) is 48.2 Å². The molecular formula is C26H28F3N3O3S2. The number of carbonyl (C=O) groups excluding carboxylic acids is 1. The topological polar surface area (TPSA) is 79.4 Å². The van der Waals surface area contributed by atoms with Gasteiger partial charge in [0.05, 0.1) is 28.6 Å². The van der Waals surface area contributed by atoms with Gasteiger partial charge in [-0.25, -0.2) is 13.4 Å². The van der Waals surface area contributed by atoms with Crippen molar-refractivity contribution in [2.45, 2.75) is 56.9 Å². The molecule has 0 aliphatic carbocycles. The number of benzene rings is 2. The van der Waals surface area contributed by atoms with E-state index in [2.05, 4.69) is 24.1 Å². The van der Waals surface area contributed by atoms with E-state index in [-0.39, 0.29) is 35.2 Å². The number of nitrogens with one attached hydrogen (secondary N) is 1. The van der Waals surface area contributed by atoms with Gasteiger partial charge in [0.15, 0.2) is 15.0 Å². The summed E-state index contributed by atoms with van der Waals surface area (Å²) in [6, 6.07) is 11.3. The molecule has 2 aromatic carbocycles.